The first-order chi connectivity index (χ1) is 12.5. The van der Waals surface area contributed by atoms with E-state index in [4.69, 9.17) is 4.74 Å². The SMILES string of the molecule is CC(=O)Oc1ccc2ccc3c4c(cc5ccc1c2c53)[C@@H](O)[C@H](O)C=C4. The quantitative estimate of drug-likeness (QED) is 0.312. The fraction of sp³-hybridized carbons (Fsp3) is 0.136. The Labute approximate surface area is 149 Å². The highest BCUT2D eigenvalue weighted by molar-refractivity contribution is 6.25. The molecular weight excluding hydrogens is 328 g/mol. The first-order valence-corrected chi connectivity index (χ1v) is 8.52. The van der Waals surface area contributed by atoms with Crippen molar-refractivity contribution in [2.75, 3.05) is 0 Å². The Bertz CT molecular complexity index is 1220. The molecule has 0 amide bonds. The van der Waals surface area contributed by atoms with Crippen LogP contribution in [0.2, 0.25) is 0 Å². The van der Waals surface area contributed by atoms with Gasteiger partial charge in [0.1, 0.15) is 18.0 Å². The number of fused-ring (bicyclic) bond motifs is 2. The molecule has 0 saturated carbocycles. The summed E-state index contributed by atoms with van der Waals surface area (Å²) in [7, 11) is 0. The molecule has 0 fully saturated rings. The lowest BCUT2D eigenvalue weighted by molar-refractivity contribution is -0.131. The van der Waals surface area contributed by atoms with E-state index in [1.54, 1.807) is 6.08 Å². The minimum atomic E-state index is -0.937. The fourth-order valence-corrected chi connectivity index (χ4v) is 4.05. The van der Waals surface area contributed by atoms with Crippen LogP contribution in [0.3, 0.4) is 0 Å². The van der Waals surface area contributed by atoms with Gasteiger partial charge < -0.3 is 14.9 Å². The van der Waals surface area contributed by atoms with Crippen LogP contribution >= 0.6 is 0 Å². The molecular formula is C22H16O4. The Morgan fingerprint density at radius 1 is 0.962 bits per heavy atom. The molecule has 5 rings (SSSR count). The van der Waals surface area contributed by atoms with Crippen molar-refractivity contribution in [1.29, 1.82) is 0 Å². The molecule has 1 aliphatic carbocycles. The monoisotopic (exact) mass is 344 g/mol. The van der Waals surface area contributed by atoms with Gasteiger partial charge in [-0.1, -0.05) is 36.4 Å². The Morgan fingerprint density at radius 2 is 1.65 bits per heavy atom. The topological polar surface area (TPSA) is 66.8 Å². The maximum absolute atomic E-state index is 11.4. The van der Waals surface area contributed by atoms with Gasteiger partial charge in [0.05, 0.1) is 0 Å². The van der Waals surface area contributed by atoms with Gasteiger partial charge in [0.15, 0.2) is 0 Å². The molecule has 0 heterocycles. The smallest absolute Gasteiger partial charge is 0.308 e. The number of carbonyl (C=O) groups excluding carboxylic acids is 1. The second-order valence-electron chi connectivity index (χ2n) is 6.75. The third-order valence-corrected chi connectivity index (χ3v) is 5.17. The second-order valence-corrected chi connectivity index (χ2v) is 6.75. The number of carbonyl (C=O) groups is 1. The highest BCUT2D eigenvalue weighted by Gasteiger charge is 2.25. The zero-order valence-electron chi connectivity index (χ0n) is 14.1. The van der Waals surface area contributed by atoms with E-state index in [9.17, 15) is 15.0 Å². The van der Waals surface area contributed by atoms with Crippen LogP contribution in [0, 0.1) is 0 Å². The predicted octanol–water partition coefficient (Wildman–Crippen LogP) is 3.93. The van der Waals surface area contributed by atoms with Crippen molar-refractivity contribution in [2.45, 2.75) is 19.1 Å². The van der Waals surface area contributed by atoms with Crippen LogP contribution in [0.25, 0.3) is 38.4 Å². The molecule has 0 bridgehead atoms. The molecule has 2 N–H and O–H groups in total. The summed E-state index contributed by atoms with van der Waals surface area (Å²) in [5, 5.41) is 26.4. The average Bonchev–Trinajstić information content (AvgIpc) is 2.63. The van der Waals surface area contributed by atoms with Crippen LogP contribution < -0.4 is 4.74 Å². The van der Waals surface area contributed by atoms with Gasteiger partial charge in [-0.2, -0.15) is 0 Å². The summed E-state index contributed by atoms with van der Waals surface area (Å²) in [5.74, 6) is 0.195. The average molecular weight is 344 g/mol. The Balaban J connectivity index is 1.94. The van der Waals surface area contributed by atoms with Crippen molar-refractivity contribution in [1.82, 2.24) is 0 Å². The van der Waals surface area contributed by atoms with Gasteiger partial charge >= 0.3 is 5.97 Å². The van der Waals surface area contributed by atoms with Crippen LogP contribution in [0.4, 0.5) is 0 Å². The number of ether oxygens (including phenoxy) is 1. The lowest BCUT2D eigenvalue weighted by atomic mass is 9.84. The molecule has 26 heavy (non-hydrogen) atoms. The van der Waals surface area contributed by atoms with E-state index in [-0.39, 0.29) is 5.97 Å². The minimum Gasteiger partial charge on any atom is -0.426 e. The highest BCUT2D eigenvalue weighted by Crippen LogP contribution is 2.43. The molecule has 4 nitrogen and oxygen atoms in total. The first kappa shape index (κ1) is 15.3. The van der Waals surface area contributed by atoms with Gasteiger partial charge in [-0.05, 0) is 50.9 Å². The summed E-state index contributed by atoms with van der Waals surface area (Å²) in [6.07, 6.45) is 1.65. The normalized spacial score (nSPS) is 19.3. The van der Waals surface area contributed by atoms with E-state index >= 15 is 0 Å². The number of hydrogen-bond acceptors (Lipinski definition) is 4. The summed E-state index contributed by atoms with van der Waals surface area (Å²) in [5.41, 5.74) is 1.65. The molecule has 4 heteroatoms. The largest absolute Gasteiger partial charge is 0.426 e. The molecule has 128 valence electrons. The van der Waals surface area contributed by atoms with Gasteiger partial charge in [-0.15, -0.1) is 0 Å². The molecule has 0 radical (unpaired) electrons. The number of rotatable bonds is 1. The summed E-state index contributed by atoms with van der Waals surface area (Å²) < 4.78 is 5.39. The van der Waals surface area contributed by atoms with Crippen LogP contribution in [0.1, 0.15) is 24.2 Å². The summed E-state index contributed by atoms with van der Waals surface area (Å²) in [4.78, 5) is 11.4. The molecule has 0 saturated heterocycles. The molecule has 1 aliphatic rings. The molecule has 0 aromatic heterocycles. The minimum absolute atomic E-state index is 0.350. The number of benzene rings is 4. The van der Waals surface area contributed by atoms with E-state index in [0.717, 1.165) is 43.4 Å². The summed E-state index contributed by atoms with van der Waals surface area (Å²) in [6.45, 7) is 1.39. The van der Waals surface area contributed by atoms with Crippen LogP contribution in [0.15, 0.2) is 48.5 Å². The van der Waals surface area contributed by atoms with E-state index in [0.29, 0.717) is 5.75 Å². The van der Waals surface area contributed by atoms with Gasteiger partial charge in [-0.25, -0.2) is 0 Å². The predicted molar refractivity (Wildman–Crippen MR) is 101 cm³/mol. The molecule has 0 spiro atoms. The summed E-state index contributed by atoms with van der Waals surface area (Å²) >= 11 is 0. The maximum Gasteiger partial charge on any atom is 0.308 e. The lowest BCUT2D eigenvalue weighted by Gasteiger charge is -2.24. The van der Waals surface area contributed by atoms with Gasteiger partial charge in [0, 0.05) is 17.7 Å². The zero-order valence-corrected chi connectivity index (χ0v) is 14.1. The van der Waals surface area contributed by atoms with E-state index in [1.807, 2.05) is 48.5 Å². The zero-order chi connectivity index (χ0) is 18.0. The lowest BCUT2D eigenvalue weighted by Crippen LogP contribution is -2.19. The van der Waals surface area contributed by atoms with Crippen molar-refractivity contribution in [3.05, 3.63) is 59.7 Å². The Kier molecular flexibility index (Phi) is 3.11. The number of esters is 1. The Hall–Kier alpha value is -2.95. The number of aliphatic hydroxyl groups is 2. The van der Waals surface area contributed by atoms with Gasteiger partial charge in [-0.3, -0.25) is 4.79 Å². The fourth-order valence-electron chi connectivity index (χ4n) is 4.05. The number of hydrogen-bond donors (Lipinski definition) is 2. The van der Waals surface area contributed by atoms with Crippen molar-refractivity contribution in [2.24, 2.45) is 0 Å². The first-order valence-electron chi connectivity index (χ1n) is 8.52. The molecule has 2 atom stereocenters. The summed E-state index contributed by atoms with van der Waals surface area (Å²) in [6, 6.07) is 13.7. The standard InChI is InChI=1S/C22H16O4/c1-11(23)26-19-9-4-12-2-5-15-14-7-8-18(24)22(25)17(14)10-13-3-6-16(19)20(12)21(13)15/h2-10,18,22,24-25H,1H3/t18-,22-/m1/s1. The third-order valence-electron chi connectivity index (χ3n) is 5.17. The van der Waals surface area contributed by atoms with E-state index in [2.05, 4.69) is 0 Å². The van der Waals surface area contributed by atoms with Crippen molar-refractivity contribution < 1.29 is 19.7 Å². The van der Waals surface area contributed by atoms with Crippen molar-refractivity contribution in [3.63, 3.8) is 0 Å². The molecule has 4 aromatic carbocycles. The third kappa shape index (κ3) is 2.00. The van der Waals surface area contributed by atoms with Crippen molar-refractivity contribution in [3.8, 4) is 5.75 Å². The molecule has 4 aromatic rings. The van der Waals surface area contributed by atoms with Crippen LogP contribution in [0.5, 0.6) is 5.75 Å². The molecule has 0 unspecified atom stereocenters. The highest BCUT2D eigenvalue weighted by atomic mass is 16.5. The van der Waals surface area contributed by atoms with Crippen LogP contribution in [-0.2, 0) is 4.79 Å². The Morgan fingerprint density at radius 3 is 2.46 bits per heavy atom. The van der Waals surface area contributed by atoms with E-state index in [1.165, 1.54) is 6.92 Å². The number of aliphatic hydroxyl groups excluding tert-OH is 2. The van der Waals surface area contributed by atoms with E-state index < -0.39 is 12.2 Å². The maximum atomic E-state index is 11.4. The second kappa shape index (κ2) is 5.27. The van der Waals surface area contributed by atoms with Crippen molar-refractivity contribution >= 4 is 44.4 Å². The van der Waals surface area contributed by atoms with Gasteiger partial charge in [0.2, 0.25) is 0 Å². The van der Waals surface area contributed by atoms with Crippen LogP contribution in [-0.4, -0.2) is 22.3 Å². The van der Waals surface area contributed by atoms with Gasteiger partial charge in [0.25, 0.3) is 0 Å². The molecule has 0 aliphatic heterocycles.